The highest BCUT2D eigenvalue weighted by Gasteiger charge is 2.09. The number of rotatable bonds is 0. The highest BCUT2D eigenvalue weighted by atomic mass is 15.2. The molecule has 0 saturated carbocycles. The van der Waals surface area contributed by atoms with E-state index in [9.17, 15) is 0 Å². The molecule has 0 fully saturated rings. The van der Waals surface area contributed by atoms with Crippen LogP contribution >= 0.6 is 0 Å². The monoisotopic (exact) mass is 120 g/mol. The van der Waals surface area contributed by atoms with Gasteiger partial charge in [0.15, 0.2) is 5.82 Å². The second kappa shape index (κ2) is 1.69. The summed E-state index contributed by atoms with van der Waals surface area (Å²) in [5, 5.41) is 10.6. The maximum Gasteiger partial charge on any atom is 0.152 e. The van der Waals surface area contributed by atoms with E-state index in [0.29, 0.717) is 0 Å². The van der Waals surface area contributed by atoms with Gasteiger partial charge in [-0.3, -0.25) is 0 Å². The predicted octanol–water partition coefficient (Wildman–Crippen LogP) is 0.606. The molecule has 2 heterocycles. The number of nitrogens with zero attached hydrogens (tertiary/aromatic N) is 2. The average molecular weight is 120 g/mol. The van der Waals surface area contributed by atoms with E-state index >= 15 is 0 Å². The summed E-state index contributed by atoms with van der Waals surface area (Å²) in [6, 6.07) is 1.97. The Morgan fingerprint density at radius 2 is 2.56 bits per heavy atom. The summed E-state index contributed by atoms with van der Waals surface area (Å²) in [4.78, 5) is 0. The van der Waals surface area contributed by atoms with Crippen LogP contribution in [0.4, 0.5) is 5.82 Å². The highest BCUT2D eigenvalue weighted by molar-refractivity contribution is 5.49. The predicted molar refractivity (Wildman–Crippen MR) is 33.7 cm³/mol. The van der Waals surface area contributed by atoms with Gasteiger partial charge < -0.3 is 5.32 Å². The second-order valence-corrected chi connectivity index (χ2v) is 1.96. The highest BCUT2D eigenvalue weighted by Crippen LogP contribution is 2.18. The maximum absolute atomic E-state index is 3.87. The molecule has 0 atom stereocenters. The van der Waals surface area contributed by atoms with Gasteiger partial charge in [0.1, 0.15) is 0 Å². The molecule has 0 aliphatic carbocycles. The van der Waals surface area contributed by atoms with Crippen molar-refractivity contribution in [2.45, 2.75) is 6.42 Å². The van der Waals surface area contributed by atoms with Gasteiger partial charge >= 0.3 is 0 Å². The Hall–Kier alpha value is -1.12. The van der Waals surface area contributed by atoms with Crippen LogP contribution in [0.2, 0.25) is 0 Å². The summed E-state index contributed by atoms with van der Waals surface area (Å²) in [5.74, 6) is 0.900. The third-order valence-electron chi connectivity index (χ3n) is 1.37. The lowest BCUT2D eigenvalue weighted by molar-refractivity contribution is 1.03. The summed E-state index contributed by atoms with van der Waals surface area (Å²) in [5.41, 5.74) is 1.23. The first-order valence-electron chi connectivity index (χ1n) is 2.85. The summed E-state index contributed by atoms with van der Waals surface area (Å²) in [6.07, 6.45) is 2.67. The lowest BCUT2D eigenvalue weighted by atomic mass is 10.2. The number of fused-ring (bicyclic) bond motifs is 1. The molecule has 2 rings (SSSR count). The van der Waals surface area contributed by atoms with Crippen molar-refractivity contribution in [1.29, 1.82) is 0 Å². The fourth-order valence-electron chi connectivity index (χ4n) is 0.901. The lowest BCUT2D eigenvalue weighted by Gasteiger charge is -1.91. The molecular weight excluding hydrogens is 114 g/mol. The first kappa shape index (κ1) is 4.73. The zero-order valence-electron chi connectivity index (χ0n) is 4.83. The molecule has 1 N–H and O–H groups in total. The third-order valence-corrected chi connectivity index (χ3v) is 1.37. The largest absolute Gasteiger partial charge is 0.363 e. The van der Waals surface area contributed by atoms with Gasteiger partial charge in [0.2, 0.25) is 0 Å². The molecule has 3 heteroatoms. The second-order valence-electron chi connectivity index (χ2n) is 1.96. The van der Waals surface area contributed by atoms with Crippen molar-refractivity contribution < 1.29 is 0 Å². The van der Waals surface area contributed by atoms with Crippen LogP contribution in [-0.2, 0) is 6.42 Å². The van der Waals surface area contributed by atoms with E-state index in [2.05, 4.69) is 15.5 Å². The maximum atomic E-state index is 3.87. The van der Waals surface area contributed by atoms with E-state index in [1.165, 1.54) is 5.56 Å². The molecule has 1 aromatic rings. The van der Waals surface area contributed by atoms with Crippen LogP contribution in [-0.4, -0.2) is 10.2 Å². The molecule has 1 radical (unpaired) electrons. The Kier molecular flexibility index (Phi) is 0.886. The topological polar surface area (TPSA) is 37.8 Å². The Morgan fingerprint density at radius 1 is 1.56 bits per heavy atom. The first-order chi connectivity index (χ1) is 4.47. The minimum atomic E-state index is 0.900. The standard InChI is InChI=1S/C6H6N3/c1-3-7-6-5(1)2-4-8-9-6/h2-4H,1H2,(H,7,9). The van der Waals surface area contributed by atoms with E-state index in [-0.39, 0.29) is 0 Å². The van der Waals surface area contributed by atoms with Crippen molar-refractivity contribution in [3.63, 3.8) is 0 Å². The van der Waals surface area contributed by atoms with E-state index in [1.54, 1.807) is 6.20 Å². The van der Waals surface area contributed by atoms with Crippen molar-refractivity contribution in [3.05, 3.63) is 24.4 Å². The van der Waals surface area contributed by atoms with Gasteiger partial charge in [-0.1, -0.05) is 0 Å². The van der Waals surface area contributed by atoms with Crippen LogP contribution in [0.25, 0.3) is 0 Å². The van der Waals surface area contributed by atoms with E-state index in [1.807, 2.05) is 12.6 Å². The van der Waals surface area contributed by atoms with Crippen molar-refractivity contribution in [2.24, 2.45) is 0 Å². The Bertz CT molecular complexity index is 198. The van der Waals surface area contributed by atoms with Gasteiger partial charge in [-0.05, 0) is 12.5 Å². The van der Waals surface area contributed by atoms with Crippen molar-refractivity contribution >= 4 is 5.82 Å². The van der Waals surface area contributed by atoms with Crippen molar-refractivity contribution in [3.8, 4) is 0 Å². The zero-order valence-corrected chi connectivity index (χ0v) is 4.83. The van der Waals surface area contributed by atoms with Gasteiger partial charge in [0, 0.05) is 5.56 Å². The fraction of sp³-hybridized carbons (Fsp3) is 0.167. The summed E-state index contributed by atoms with van der Waals surface area (Å²) < 4.78 is 0. The lowest BCUT2D eigenvalue weighted by Crippen LogP contribution is -1.89. The molecule has 45 valence electrons. The van der Waals surface area contributed by atoms with Crippen LogP contribution in [0.15, 0.2) is 12.3 Å². The molecule has 0 amide bonds. The van der Waals surface area contributed by atoms with Gasteiger partial charge in [-0.2, -0.15) is 5.10 Å². The molecule has 0 aromatic carbocycles. The molecule has 3 nitrogen and oxygen atoms in total. The fourth-order valence-corrected chi connectivity index (χ4v) is 0.901. The molecule has 0 saturated heterocycles. The van der Waals surface area contributed by atoms with Gasteiger partial charge in [-0.25, -0.2) is 0 Å². The minimum Gasteiger partial charge on any atom is -0.363 e. The van der Waals surface area contributed by atoms with Gasteiger partial charge in [0.25, 0.3) is 0 Å². The minimum absolute atomic E-state index is 0.900. The molecule has 0 unspecified atom stereocenters. The molecular formula is C6H6N3. The smallest absolute Gasteiger partial charge is 0.152 e. The summed E-state index contributed by atoms with van der Waals surface area (Å²) in [6.45, 7) is 1.97. The van der Waals surface area contributed by atoms with Crippen LogP contribution in [0.5, 0.6) is 0 Å². The number of aromatic nitrogens is 2. The molecule has 0 spiro atoms. The summed E-state index contributed by atoms with van der Waals surface area (Å²) >= 11 is 0. The average Bonchev–Trinajstić information content (AvgIpc) is 2.33. The normalized spacial score (nSPS) is 14.7. The Labute approximate surface area is 53.1 Å². The van der Waals surface area contributed by atoms with Crippen LogP contribution in [0, 0.1) is 6.54 Å². The Balaban J connectivity index is 2.54. The van der Waals surface area contributed by atoms with E-state index in [4.69, 9.17) is 0 Å². The van der Waals surface area contributed by atoms with Gasteiger partial charge in [0.05, 0.1) is 12.7 Å². The van der Waals surface area contributed by atoms with Crippen LogP contribution < -0.4 is 5.32 Å². The molecule has 9 heavy (non-hydrogen) atoms. The number of nitrogens with one attached hydrogen (secondary N) is 1. The molecule has 1 aromatic heterocycles. The quantitative estimate of drug-likeness (QED) is 0.545. The third kappa shape index (κ3) is 0.650. The van der Waals surface area contributed by atoms with E-state index in [0.717, 1.165) is 12.2 Å². The number of hydrogen-bond acceptors (Lipinski definition) is 3. The SMILES string of the molecule is [CH]1Cc2ccnnc2N1. The summed E-state index contributed by atoms with van der Waals surface area (Å²) in [7, 11) is 0. The van der Waals surface area contributed by atoms with Crippen LogP contribution in [0.3, 0.4) is 0 Å². The van der Waals surface area contributed by atoms with Gasteiger partial charge in [-0.15, -0.1) is 5.10 Å². The van der Waals surface area contributed by atoms with Crippen molar-refractivity contribution in [2.75, 3.05) is 5.32 Å². The molecule has 1 aliphatic rings. The van der Waals surface area contributed by atoms with E-state index < -0.39 is 0 Å². The zero-order chi connectivity index (χ0) is 6.10. The number of hydrogen-bond donors (Lipinski definition) is 1. The number of anilines is 1. The van der Waals surface area contributed by atoms with Crippen molar-refractivity contribution in [1.82, 2.24) is 10.2 Å². The molecule has 1 aliphatic heterocycles. The Morgan fingerprint density at radius 3 is 3.44 bits per heavy atom. The molecule has 0 bridgehead atoms. The first-order valence-corrected chi connectivity index (χ1v) is 2.85. The van der Waals surface area contributed by atoms with Crippen LogP contribution in [0.1, 0.15) is 5.56 Å².